The summed E-state index contributed by atoms with van der Waals surface area (Å²) >= 11 is 0. The van der Waals surface area contributed by atoms with Gasteiger partial charge in [0.05, 0.1) is 11.5 Å². The van der Waals surface area contributed by atoms with Crippen LogP contribution in [0, 0.1) is 5.92 Å². The summed E-state index contributed by atoms with van der Waals surface area (Å²) in [6, 6.07) is 6.07. The van der Waals surface area contributed by atoms with Crippen LogP contribution in [0.4, 0.5) is 0 Å². The number of fused-ring (bicyclic) bond motifs is 1. The zero-order chi connectivity index (χ0) is 14.2. The topological polar surface area (TPSA) is 60.2 Å². The molecule has 1 aromatic carbocycles. The van der Waals surface area contributed by atoms with Gasteiger partial charge in [-0.15, -0.1) is 0 Å². The number of benzene rings is 1. The third-order valence-electron chi connectivity index (χ3n) is 3.97. The minimum absolute atomic E-state index is 0.319. The number of sulfone groups is 1. The number of hydrogen-bond acceptors (Lipinski definition) is 4. The van der Waals surface area contributed by atoms with Crippen LogP contribution in [0.5, 0.6) is 0 Å². The molecule has 0 N–H and O–H groups in total. The van der Waals surface area contributed by atoms with E-state index in [1.165, 1.54) is 5.56 Å². The van der Waals surface area contributed by atoms with Gasteiger partial charge in [0, 0.05) is 6.42 Å². The Balaban J connectivity index is 1.68. The summed E-state index contributed by atoms with van der Waals surface area (Å²) in [7, 11) is -2.76. The molecule has 3 rings (SSSR count). The van der Waals surface area contributed by atoms with Crippen molar-refractivity contribution >= 4 is 20.9 Å². The fraction of sp³-hybridized carbons (Fsp3) is 0.533. The molecule has 108 valence electrons. The predicted octanol–water partition coefficient (Wildman–Crippen LogP) is 2.76. The first-order valence-corrected chi connectivity index (χ1v) is 8.96. The first-order chi connectivity index (χ1) is 9.55. The van der Waals surface area contributed by atoms with E-state index in [4.69, 9.17) is 4.42 Å². The molecule has 2 heterocycles. The van der Waals surface area contributed by atoms with Crippen molar-refractivity contribution in [1.29, 1.82) is 0 Å². The third-order valence-corrected chi connectivity index (χ3v) is 5.80. The lowest BCUT2D eigenvalue weighted by molar-refractivity contribution is 0.537. The van der Waals surface area contributed by atoms with Gasteiger partial charge >= 0.3 is 0 Å². The molecule has 20 heavy (non-hydrogen) atoms. The summed E-state index contributed by atoms with van der Waals surface area (Å²) in [6.07, 6.45) is 3.45. The Morgan fingerprint density at radius 3 is 2.95 bits per heavy atom. The van der Waals surface area contributed by atoms with Crippen molar-refractivity contribution in [2.24, 2.45) is 5.92 Å². The lowest BCUT2D eigenvalue weighted by Crippen LogP contribution is -2.05. The van der Waals surface area contributed by atoms with Crippen LogP contribution >= 0.6 is 0 Å². The van der Waals surface area contributed by atoms with Crippen LogP contribution in [0.15, 0.2) is 22.6 Å². The van der Waals surface area contributed by atoms with Crippen molar-refractivity contribution in [3.05, 3.63) is 29.7 Å². The van der Waals surface area contributed by atoms with Crippen LogP contribution in [0.1, 0.15) is 31.2 Å². The minimum Gasteiger partial charge on any atom is -0.441 e. The van der Waals surface area contributed by atoms with Gasteiger partial charge in [-0.2, -0.15) is 0 Å². The molecule has 0 spiro atoms. The molecule has 0 aliphatic carbocycles. The van der Waals surface area contributed by atoms with Gasteiger partial charge in [0.1, 0.15) is 5.52 Å². The highest BCUT2D eigenvalue weighted by atomic mass is 32.2. The van der Waals surface area contributed by atoms with Gasteiger partial charge in [0.15, 0.2) is 21.3 Å². The van der Waals surface area contributed by atoms with Crippen molar-refractivity contribution in [3.8, 4) is 0 Å². The molecule has 4 nitrogen and oxygen atoms in total. The number of hydrogen-bond donors (Lipinski definition) is 0. The Kier molecular flexibility index (Phi) is 3.54. The number of aryl methyl sites for hydroxylation is 2. The fourth-order valence-corrected chi connectivity index (χ4v) is 4.71. The molecule has 1 aliphatic rings. The van der Waals surface area contributed by atoms with Gasteiger partial charge in [-0.3, -0.25) is 0 Å². The van der Waals surface area contributed by atoms with E-state index in [9.17, 15) is 8.42 Å². The summed E-state index contributed by atoms with van der Waals surface area (Å²) in [5, 5.41) is 0. The van der Waals surface area contributed by atoms with Crippen LogP contribution < -0.4 is 0 Å². The van der Waals surface area contributed by atoms with E-state index in [1.807, 2.05) is 13.0 Å². The largest absolute Gasteiger partial charge is 0.441 e. The first kappa shape index (κ1) is 13.6. The van der Waals surface area contributed by atoms with Crippen molar-refractivity contribution in [3.63, 3.8) is 0 Å². The predicted molar refractivity (Wildman–Crippen MR) is 78.5 cm³/mol. The Morgan fingerprint density at radius 2 is 2.25 bits per heavy atom. The molecule has 5 heteroatoms. The smallest absolute Gasteiger partial charge is 0.195 e. The molecular formula is C15H19NO3S. The fourth-order valence-electron chi connectivity index (χ4n) is 2.80. The average Bonchev–Trinajstić information content (AvgIpc) is 2.98. The van der Waals surface area contributed by atoms with Gasteiger partial charge in [-0.25, -0.2) is 13.4 Å². The molecule has 0 bridgehead atoms. The van der Waals surface area contributed by atoms with Crippen LogP contribution in [0.2, 0.25) is 0 Å². The molecule has 2 aromatic rings. The molecule has 0 radical (unpaired) electrons. The molecule has 1 saturated heterocycles. The quantitative estimate of drug-likeness (QED) is 0.869. The standard InChI is InChI=1S/C15H19NO3S/c1-2-15-16-13-9-11(5-6-14(13)19-15)3-4-12-7-8-20(17,18)10-12/h5-6,9,12H,2-4,7-8,10H2,1H3/t12-/m0/s1. The molecule has 1 atom stereocenters. The van der Waals surface area contributed by atoms with Gasteiger partial charge in [0.25, 0.3) is 0 Å². The highest BCUT2D eigenvalue weighted by Crippen LogP contribution is 2.24. The number of rotatable bonds is 4. The van der Waals surface area contributed by atoms with Crippen molar-refractivity contribution in [2.45, 2.75) is 32.6 Å². The highest BCUT2D eigenvalue weighted by Gasteiger charge is 2.27. The van der Waals surface area contributed by atoms with Gasteiger partial charge in [0.2, 0.25) is 0 Å². The first-order valence-electron chi connectivity index (χ1n) is 7.14. The molecular weight excluding hydrogens is 274 g/mol. The van der Waals surface area contributed by atoms with Gasteiger partial charge < -0.3 is 4.42 Å². The summed E-state index contributed by atoms with van der Waals surface area (Å²) in [6.45, 7) is 2.02. The Hall–Kier alpha value is -1.36. The zero-order valence-corrected chi connectivity index (χ0v) is 12.4. The Morgan fingerprint density at radius 1 is 1.40 bits per heavy atom. The van der Waals surface area contributed by atoms with E-state index < -0.39 is 9.84 Å². The lowest BCUT2D eigenvalue weighted by Gasteiger charge is -2.06. The zero-order valence-electron chi connectivity index (χ0n) is 11.6. The second-order valence-electron chi connectivity index (χ2n) is 5.57. The normalized spacial score (nSPS) is 21.6. The van der Waals surface area contributed by atoms with E-state index >= 15 is 0 Å². The average molecular weight is 293 g/mol. The molecule has 0 amide bonds. The maximum Gasteiger partial charge on any atom is 0.195 e. The van der Waals surface area contributed by atoms with Crippen LogP contribution in [0.3, 0.4) is 0 Å². The molecule has 0 unspecified atom stereocenters. The number of nitrogens with zero attached hydrogens (tertiary/aromatic N) is 1. The monoisotopic (exact) mass is 293 g/mol. The van der Waals surface area contributed by atoms with Crippen molar-refractivity contribution < 1.29 is 12.8 Å². The molecule has 1 aliphatic heterocycles. The summed E-state index contributed by atoms with van der Waals surface area (Å²) < 4.78 is 28.5. The summed E-state index contributed by atoms with van der Waals surface area (Å²) in [4.78, 5) is 4.43. The molecule has 1 aromatic heterocycles. The number of oxazole rings is 1. The third kappa shape index (κ3) is 2.87. The minimum atomic E-state index is -2.76. The highest BCUT2D eigenvalue weighted by molar-refractivity contribution is 7.91. The lowest BCUT2D eigenvalue weighted by atomic mass is 9.99. The van der Waals surface area contributed by atoms with E-state index in [0.29, 0.717) is 17.4 Å². The summed E-state index contributed by atoms with van der Waals surface area (Å²) in [5.74, 6) is 1.80. The van der Waals surface area contributed by atoms with Gasteiger partial charge in [-0.1, -0.05) is 13.0 Å². The van der Waals surface area contributed by atoms with Crippen molar-refractivity contribution in [1.82, 2.24) is 4.98 Å². The maximum atomic E-state index is 11.4. The van der Waals surface area contributed by atoms with Crippen LogP contribution in [0.25, 0.3) is 11.1 Å². The molecule has 1 fully saturated rings. The molecule has 0 saturated carbocycles. The van der Waals surface area contributed by atoms with E-state index in [2.05, 4.69) is 17.1 Å². The van der Waals surface area contributed by atoms with Crippen LogP contribution in [-0.4, -0.2) is 24.9 Å². The SMILES string of the molecule is CCc1nc2cc(CC[C@H]3CCS(=O)(=O)C3)ccc2o1. The van der Waals surface area contributed by atoms with Gasteiger partial charge in [-0.05, 0) is 42.9 Å². The number of aromatic nitrogens is 1. The second-order valence-corrected chi connectivity index (χ2v) is 7.80. The Labute approximate surface area is 119 Å². The Bertz CT molecular complexity index is 718. The van der Waals surface area contributed by atoms with E-state index in [1.54, 1.807) is 0 Å². The second kappa shape index (κ2) is 5.20. The van der Waals surface area contributed by atoms with Crippen molar-refractivity contribution in [2.75, 3.05) is 11.5 Å². The summed E-state index contributed by atoms with van der Waals surface area (Å²) in [5.41, 5.74) is 2.94. The van der Waals surface area contributed by atoms with E-state index in [0.717, 1.165) is 42.7 Å². The van der Waals surface area contributed by atoms with Crippen LogP contribution in [-0.2, 0) is 22.7 Å². The van der Waals surface area contributed by atoms with E-state index in [-0.39, 0.29) is 0 Å². The maximum absolute atomic E-state index is 11.4.